The Balaban J connectivity index is 2.02. The van der Waals surface area contributed by atoms with Gasteiger partial charge in [0.15, 0.2) is 0 Å². The number of carbonyl (C=O) groups excluding carboxylic acids is 1. The third-order valence-electron chi connectivity index (χ3n) is 3.70. The van der Waals surface area contributed by atoms with E-state index in [4.69, 9.17) is 0 Å². The van der Waals surface area contributed by atoms with Gasteiger partial charge in [-0.05, 0) is 22.4 Å². The van der Waals surface area contributed by atoms with Crippen LogP contribution in [0.25, 0.3) is 10.8 Å². The first-order chi connectivity index (χ1) is 8.66. The molecule has 1 unspecified atom stereocenters. The van der Waals surface area contributed by atoms with Crippen LogP contribution in [0.5, 0.6) is 0 Å². The normalized spacial score (nSPS) is 19.9. The fraction of sp³-hybridized carbons (Fsp3) is 0.267. The first kappa shape index (κ1) is 11.1. The fourth-order valence-electron chi connectivity index (χ4n) is 2.61. The van der Waals surface area contributed by atoms with Crippen LogP contribution in [0, 0.1) is 0 Å². The summed E-state index contributed by atoms with van der Waals surface area (Å²) in [5.41, 5.74) is 1.20. The van der Waals surface area contributed by atoms with Crippen molar-refractivity contribution >= 4 is 16.8 Å². The summed E-state index contributed by atoms with van der Waals surface area (Å²) in [6.07, 6.45) is 0. The number of amides is 2. The third-order valence-corrected chi connectivity index (χ3v) is 3.70. The van der Waals surface area contributed by atoms with Crippen LogP contribution in [0.4, 0.5) is 4.79 Å². The second-order valence-corrected chi connectivity index (χ2v) is 4.90. The van der Waals surface area contributed by atoms with Crippen molar-refractivity contribution in [1.29, 1.82) is 0 Å². The summed E-state index contributed by atoms with van der Waals surface area (Å²) in [5.74, 6) is 0. The van der Waals surface area contributed by atoms with Crippen LogP contribution in [-0.4, -0.2) is 36.5 Å². The quantitative estimate of drug-likeness (QED) is 0.751. The lowest BCUT2D eigenvalue weighted by atomic mass is 10.0. The molecule has 18 heavy (non-hydrogen) atoms. The molecule has 2 amide bonds. The number of hydrogen-bond acceptors (Lipinski definition) is 1. The molecule has 0 N–H and O–H groups in total. The van der Waals surface area contributed by atoms with Crippen LogP contribution in [0.1, 0.15) is 11.6 Å². The van der Waals surface area contributed by atoms with E-state index in [1.807, 2.05) is 31.1 Å². The molecule has 3 rings (SSSR count). The topological polar surface area (TPSA) is 23.6 Å². The van der Waals surface area contributed by atoms with Crippen molar-refractivity contribution in [2.75, 3.05) is 20.6 Å². The van der Waals surface area contributed by atoms with Crippen LogP contribution in [0.15, 0.2) is 42.5 Å². The third kappa shape index (κ3) is 1.63. The fourth-order valence-corrected chi connectivity index (χ4v) is 2.61. The van der Waals surface area contributed by atoms with Crippen molar-refractivity contribution < 1.29 is 4.79 Å². The highest BCUT2D eigenvalue weighted by molar-refractivity contribution is 5.83. The van der Waals surface area contributed by atoms with Gasteiger partial charge < -0.3 is 9.80 Å². The maximum absolute atomic E-state index is 11.8. The van der Waals surface area contributed by atoms with Crippen molar-refractivity contribution in [2.24, 2.45) is 0 Å². The molecule has 1 aliphatic rings. The highest BCUT2D eigenvalue weighted by Crippen LogP contribution is 2.29. The largest absolute Gasteiger partial charge is 0.325 e. The summed E-state index contributed by atoms with van der Waals surface area (Å²) in [6, 6.07) is 15.0. The van der Waals surface area contributed by atoms with Gasteiger partial charge in [0.25, 0.3) is 0 Å². The Hall–Kier alpha value is -2.03. The molecule has 1 fully saturated rings. The lowest BCUT2D eigenvalue weighted by molar-refractivity contribution is 0.201. The van der Waals surface area contributed by atoms with E-state index in [-0.39, 0.29) is 12.1 Å². The van der Waals surface area contributed by atoms with Gasteiger partial charge in [0, 0.05) is 20.6 Å². The molecule has 1 heterocycles. The first-order valence-corrected chi connectivity index (χ1v) is 6.13. The number of nitrogens with zero attached hydrogens (tertiary/aromatic N) is 2. The van der Waals surface area contributed by atoms with E-state index in [0.717, 1.165) is 6.54 Å². The summed E-state index contributed by atoms with van der Waals surface area (Å²) in [4.78, 5) is 15.4. The van der Waals surface area contributed by atoms with Crippen LogP contribution in [0.2, 0.25) is 0 Å². The van der Waals surface area contributed by atoms with E-state index >= 15 is 0 Å². The molecule has 0 radical (unpaired) electrons. The molecule has 2 aromatic carbocycles. The number of carbonyl (C=O) groups is 1. The molecule has 1 saturated heterocycles. The SMILES string of the molecule is CN1CC(c2ccc3ccccc3c2)N(C)C1=O. The molecular formula is C15H16N2O. The zero-order chi connectivity index (χ0) is 12.7. The van der Waals surface area contributed by atoms with Gasteiger partial charge in [-0.15, -0.1) is 0 Å². The smallest absolute Gasteiger partial charge is 0.320 e. The first-order valence-electron chi connectivity index (χ1n) is 6.13. The van der Waals surface area contributed by atoms with Crippen LogP contribution >= 0.6 is 0 Å². The molecule has 1 aliphatic heterocycles. The highest BCUT2D eigenvalue weighted by atomic mass is 16.2. The number of likely N-dealkylation sites (N-methyl/N-ethyl adjacent to an activating group) is 2. The van der Waals surface area contributed by atoms with Crippen molar-refractivity contribution in [2.45, 2.75) is 6.04 Å². The molecule has 0 spiro atoms. The molecule has 0 aromatic heterocycles. The van der Waals surface area contributed by atoms with Gasteiger partial charge in [-0.25, -0.2) is 4.79 Å². The average Bonchev–Trinajstić information content (AvgIpc) is 2.66. The lowest BCUT2D eigenvalue weighted by Gasteiger charge is -2.18. The van der Waals surface area contributed by atoms with Crippen LogP contribution in [-0.2, 0) is 0 Å². The molecular weight excluding hydrogens is 224 g/mol. The Kier molecular flexibility index (Phi) is 2.47. The average molecular weight is 240 g/mol. The van der Waals surface area contributed by atoms with Crippen LogP contribution in [0.3, 0.4) is 0 Å². The number of fused-ring (bicyclic) bond motifs is 1. The van der Waals surface area contributed by atoms with Gasteiger partial charge in [-0.3, -0.25) is 0 Å². The lowest BCUT2D eigenvalue weighted by Crippen LogP contribution is -2.26. The Morgan fingerprint density at radius 3 is 2.44 bits per heavy atom. The zero-order valence-electron chi connectivity index (χ0n) is 10.6. The Morgan fingerprint density at radius 2 is 1.78 bits per heavy atom. The predicted octanol–water partition coefficient (Wildman–Crippen LogP) is 2.88. The number of rotatable bonds is 1. The Morgan fingerprint density at radius 1 is 1.06 bits per heavy atom. The van der Waals surface area contributed by atoms with E-state index in [9.17, 15) is 4.79 Å². The minimum absolute atomic E-state index is 0.0909. The Bertz CT molecular complexity index is 608. The molecule has 0 aliphatic carbocycles. The molecule has 2 aromatic rings. The Labute approximate surface area is 107 Å². The van der Waals surface area contributed by atoms with Gasteiger partial charge in [-0.1, -0.05) is 36.4 Å². The van der Waals surface area contributed by atoms with E-state index in [1.54, 1.807) is 4.90 Å². The van der Waals surface area contributed by atoms with E-state index in [1.165, 1.54) is 16.3 Å². The van der Waals surface area contributed by atoms with Crippen molar-refractivity contribution in [3.8, 4) is 0 Å². The monoisotopic (exact) mass is 240 g/mol. The van der Waals surface area contributed by atoms with Gasteiger partial charge in [-0.2, -0.15) is 0 Å². The number of hydrogen-bond donors (Lipinski definition) is 0. The number of urea groups is 1. The minimum atomic E-state index is 0.0909. The minimum Gasteiger partial charge on any atom is -0.325 e. The molecule has 0 bridgehead atoms. The van der Waals surface area contributed by atoms with Crippen molar-refractivity contribution in [3.63, 3.8) is 0 Å². The maximum Gasteiger partial charge on any atom is 0.320 e. The van der Waals surface area contributed by atoms with Crippen LogP contribution < -0.4 is 0 Å². The highest BCUT2D eigenvalue weighted by Gasteiger charge is 2.32. The molecule has 3 nitrogen and oxygen atoms in total. The van der Waals surface area contributed by atoms with E-state index in [2.05, 4.69) is 30.3 Å². The van der Waals surface area contributed by atoms with Gasteiger partial charge in [0.2, 0.25) is 0 Å². The summed E-state index contributed by atoms with van der Waals surface area (Å²) >= 11 is 0. The van der Waals surface area contributed by atoms with Gasteiger partial charge in [0.05, 0.1) is 6.04 Å². The van der Waals surface area contributed by atoms with E-state index in [0.29, 0.717) is 0 Å². The summed E-state index contributed by atoms with van der Waals surface area (Å²) in [5, 5.41) is 2.46. The molecule has 0 saturated carbocycles. The second-order valence-electron chi connectivity index (χ2n) is 4.90. The molecule has 1 atom stereocenters. The molecule has 3 heteroatoms. The van der Waals surface area contributed by atoms with Gasteiger partial charge in [0.1, 0.15) is 0 Å². The van der Waals surface area contributed by atoms with Crippen molar-refractivity contribution in [3.05, 3.63) is 48.0 Å². The predicted molar refractivity (Wildman–Crippen MR) is 72.5 cm³/mol. The maximum atomic E-state index is 11.8. The summed E-state index contributed by atoms with van der Waals surface area (Å²) < 4.78 is 0. The standard InChI is InChI=1S/C15H16N2O/c1-16-10-14(17(2)15(16)18)13-8-7-11-5-3-4-6-12(11)9-13/h3-9,14H,10H2,1-2H3. The van der Waals surface area contributed by atoms with Crippen molar-refractivity contribution in [1.82, 2.24) is 9.80 Å². The second kappa shape index (κ2) is 4.02. The zero-order valence-corrected chi connectivity index (χ0v) is 10.6. The number of benzene rings is 2. The van der Waals surface area contributed by atoms with Gasteiger partial charge >= 0.3 is 6.03 Å². The molecule has 92 valence electrons. The summed E-state index contributed by atoms with van der Waals surface area (Å²) in [7, 11) is 3.71. The van der Waals surface area contributed by atoms with E-state index < -0.39 is 0 Å². The summed E-state index contributed by atoms with van der Waals surface area (Å²) in [6.45, 7) is 0.758.